The van der Waals surface area contributed by atoms with Crippen LogP contribution < -0.4 is 4.90 Å². The second kappa shape index (κ2) is 10.9. The first-order valence-electron chi connectivity index (χ1n) is 12.6. The van der Waals surface area contributed by atoms with Gasteiger partial charge in [0.2, 0.25) is 5.95 Å². The molecule has 3 heterocycles. The lowest BCUT2D eigenvalue weighted by molar-refractivity contribution is -0.0195. The number of ether oxygens (including phenoxy) is 2. The van der Waals surface area contributed by atoms with E-state index in [9.17, 15) is 4.79 Å². The second-order valence-electron chi connectivity index (χ2n) is 11.0. The zero-order chi connectivity index (χ0) is 23.4. The molecule has 33 heavy (non-hydrogen) atoms. The molecule has 3 fully saturated rings. The van der Waals surface area contributed by atoms with Crippen molar-refractivity contribution in [3.8, 4) is 0 Å². The van der Waals surface area contributed by atoms with Crippen LogP contribution in [0.1, 0.15) is 59.3 Å². The summed E-state index contributed by atoms with van der Waals surface area (Å²) in [6, 6.07) is 0. The molecule has 184 valence electrons. The van der Waals surface area contributed by atoms with E-state index in [1.165, 1.54) is 25.7 Å². The SMILES string of the molecule is CC(C)(C)OC(=O)N1CCC(COCC2CCC2C2CCN(c3ncc(Br)cn3)CC2)CC1. The van der Waals surface area contributed by atoms with Gasteiger partial charge in [-0.1, -0.05) is 0 Å². The molecular formula is C25H39BrN4O3. The first-order chi connectivity index (χ1) is 15.8. The maximum Gasteiger partial charge on any atom is 0.410 e. The average molecular weight is 524 g/mol. The average Bonchev–Trinajstić information content (AvgIpc) is 2.76. The number of halogens is 1. The van der Waals surface area contributed by atoms with Crippen molar-refractivity contribution in [1.29, 1.82) is 0 Å². The summed E-state index contributed by atoms with van der Waals surface area (Å²) in [5, 5.41) is 0. The Balaban J connectivity index is 1.12. The van der Waals surface area contributed by atoms with Gasteiger partial charge in [-0.15, -0.1) is 0 Å². The third kappa shape index (κ3) is 6.81. The van der Waals surface area contributed by atoms with Crippen LogP contribution in [0.3, 0.4) is 0 Å². The highest BCUT2D eigenvalue weighted by Gasteiger charge is 2.38. The molecule has 3 aliphatic rings. The molecule has 0 aromatic carbocycles. The number of anilines is 1. The predicted octanol–water partition coefficient (Wildman–Crippen LogP) is 5.15. The molecule has 4 rings (SSSR count). The number of amides is 1. The van der Waals surface area contributed by atoms with Gasteiger partial charge in [-0.25, -0.2) is 14.8 Å². The third-order valence-corrected chi connectivity index (χ3v) is 7.87. The van der Waals surface area contributed by atoms with Gasteiger partial charge in [-0.2, -0.15) is 0 Å². The Kier molecular flexibility index (Phi) is 8.15. The number of carbonyl (C=O) groups excluding carboxylic acids is 1. The second-order valence-corrected chi connectivity index (χ2v) is 11.9. The molecule has 0 bridgehead atoms. The Morgan fingerprint density at radius 1 is 1.00 bits per heavy atom. The molecule has 0 N–H and O–H groups in total. The Bertz CT molecular complexity index is 769. The fourth-order valence-corrected chi connectivity index (χ4v) is 5.62. The number of piperidine rings is 2. The van der Waals surface area contributed by atoms with Gasteiger partial charge in [0.15, 0.2) is 0 Å². The molecule has 7 nitrogen and oxygen atoms in total. The van der Waals surface area contributed by atoms with E-state index in [4.69, 9.17) is 9.47 Å². The van der Waals surface area contributed by atoms with Crippen LogP contribution in [0, 0.1) is 23.7 Å². The van der Waals surface area contributed by atoms with Crippen molar-refractivity contribution < 1.29 is 14.3 Å². The normalized spacial score (nSPS) is 25.1. The van der Waals surface area contributed by atoms with Crippen molar-refractivity contribution in [2.45, 2.75) is 64.9 Å². The van der Waals surface area contributed by atoms with Crippen molar-refractivity contribution >= 4 is 28.0 Å². The van der Waals surface area contributed by atoms with Gasteiger partial charge in [0.05, 0.1) is 4.47 Å². The Morgan fingerprint density at radius 3 is 2.24 bits per heavy atom. The van der Waals surface area contributed by atoms with E-state index in [-0.39, 0.29) is 6.09 Å². The molecule has 2 aliphatic heterocycles. The number of nitrogens with zero attached hydrogens (tertiary/aromatic N) is 4. The van der Waals surface area contributed by atoms with E-state index in [2.05, 4.69) is 30.8 Å². The summed E-state index contributed by atoms with van der Waals surface area (Å²) in [5.74, 6) is 3.73. The summed E-state index contributed by atoms with van der Waals surface area (Å²) in [7, 11) is 0. The van der Waals surface area contributed by atoms with Crippen LogP contribution in [0.2, 0.25) is 0 Å². The van der Waals surface area contributed by atoms with Crippen molar-refractivity contribution in [2.75, 3.05) is 44.3 Å². The van der Waals surface area contributed by atoms with E-state index in [0.717, 1.165) is 74.5 Å². The molecule has 1 aromatic rings. The van der Waals surface area contributed by atoms with E-state index < -0.39 is 5.60 Å². The smallest absolute Gasteiger partial charge is 0.410 e. The zero-order valence-corrected chi connectivity index (χ0v) is 21.9. The maximum absolute atomic E-state index is 12.2. The van der Waals surface area contributed by atoms with Crippen LogP contribution in [0.5, 0.6) is 0 Å². The van der Waals surface area contributed by atoms with Crippen LogP contribution >= 0.6 is 15.9 Å². The standard InChI is InChI=1S/C25H39BrN4O3/c1-25(2,3)33-24(31)30-10-6-18(7-11-30)16-32-17-20-4-5-22(20)19-8-12-29(13-9-19)23-27-14-21(26)15-28-23/h14-15,18-20,22H,4-13,16-17H2,1-3H3. The van der Waals surface area contributed by atoms with Crippen molar-refractivity contribution in [1.82, 2.24) is 14.9 Å². The number of likely N-dealkylation sites (tertiary alicyclic amines) is 1. The minimum absolute atomic E-state index is 0.183. The highest BCUT2D eigenvalue weighted by atomic mass is 79.9. The first-order valence-corrected chi connectivity index (χ1v) is 13.4. The van der Waals surface area contributed by atoms with Crippen LogP contribution in [0.15, 0.2) is 16.9 Å². The van der Waals surface area contributed by atoms with Crippen LogP contribution in [0.4, 0.5) is 10.7 Å². The lowest BCUT2D eigenvalue weighted by atomic mass is 9.65. The highest BCUT2D eigenvalue weighted by molar-refractivity contribution is 9.10. The Hall–Kier alpha value is -1.41. The molecule has 1 amide bonds. The maximum atomic E-state index is 12.2. The summed E-state index contributed by atoms with van der Waals surface area (Å²) in [6.07, 6.45) is 10.6. The molecule has 0 spiro atoms. The number of hydrogen-bond acceptors (Lipinski definition) is 6. The van der Waals surface area contributed by atoms with E-state index >= 15 is 0 Å². The van der Waals surface area contributed by atoms with Crippen molar-refractivity contribution in [3.05, 3.63) is 16.9 Å². The first kappa shape index (κ1) is 24.7. The molecule has 1 saturated carbocycles. The summed E-state index contributed by atoms with van der Waals surface area (Å²) < 4.78 is 12.6. The van der Waals surface area contributed by atoms with Gasteiger partial charge in [-0.3, -0.25) is 0 Å². The molecule has 2 saturated heterocycles. The zero-order valence-electron chi connectivity index (χ0n) is 20.3. The summed E-state index contributed by atoms with van der Waals surface area (Å²) >= 11 is 3.41. The molecule has 8 heteroatoms. The third-order valence-electron chi connectivity index (χ3n) is 7.46. The number of hydrogen-bond donors (Lipinski definition) is 0. The lowest BCUT2D eigenvalue weighted by Crippen LogP contribution is -2.43. The number of rotatable bonds is 6. The fourth-order valence-electron chi connectivity index (χ4n) is 5.41. The van der Waals surface area contributed by atoms with Gasteiger partial charge in [0, 0.05) is 51.8 Å². The number of aromatic nitrogens is 2. The van der Waals surface area contributed by atoms with Crippen molar-refractivity contribution in [3.63, 3.8) is 0 Å². The summed E-state index contributed by atoms with van der Waals surface area (Å²) in [6.45, 7) is 11.1. The predicted molar refractivity (Wildman–Crippen MR) is 132 cm³/mol. The van der Waals surface area contributed by atoms with Gasteiger partial charge in [0.25, 0.3) is 0 Å². The van der Waals surface area contributed by atoms with Crippen LogP contribution in [0.25, 0.3) is 0 Å². The van der Waals surface area contributed by atoms with Gasteiger partial charge < -0.3 is 19.3 Å². The molecule has 1 aliphatic carbocycles. The molecule has 1 aromatic heterocycles. The Morgan fingerprint density at radius 2 is 1.67 bits per heavy atom. The minimum atomic E-state index is -0.431. The molecule has 0 radical (unpaired) electrons. The van der Waals surface area contributed by atoms with Gasteiger partial charge >= 0.3 is 6.09 Å². The molecule has 2 unspecified atom stereocenters. The lowest BCUT2D eigenvalue weighted by Gasteiger charge is -2.45. The van der Waals surface area contributed by atoms with E-state index in [1.54, 1.807) is 0 Å². The minimum Gasteiger partial charge on any atom is -0.444 e. The summed E-state index contributed by atoms with van der Waals surface area (Å²) in [5.41, 5.74) is -0.431. The van der Waals surface area contributed by atoms with E-state index in [1.807, 2.05) is 38.1 Å². The van der Waals surface area contributed by atoms with Gasteiger partial charge in [-0.05, 0) is 98.9 Å². The highest BCUT2D eigenvalue weighted by Crippen LogP contribution is 2.44. The molecular weight excluding hydrogens is 484 g/mol. The largest absolute Gasteiger partial charge is 0.444 e. The monoisotopic (exact) mass is 522 g/mol. The quantitative estimate of drug-likeness (QED) is 0.514. The van der Waals surface area contributed by atoms with Gasteiger partial charge in [0.1, 0.15) is 5.60 Å². The Labute approximate surface area is 206 Å². The van der Waals surface area contributed by atoms with E-state index in [0.29, 0.717) is 11.8 Å². The van der Waals surface area contributed by atoms with Crippen LogP contribution in [-0.2, 0) is 9.47 Å². The molecule has 2 atom stereocenters. The summed E-state index contributed by atoms with van der Waals surface area (Å²) in [4.78, 5) is 25.3. The topological polar surface area (TPSA) is 67.8 Å². The number of carbonyl (C=O) groups is 1. The van der Waals surface area contributed by atoms with Crippen molar-refractivity contribution in [2.24, 2.45) is 23.7 Å². The fraction of sp³-hybridized carbons (Fsp3) is 0.800. The van der Waals surface area contributed by atoms with Crippen LogP contribution in [-0.4, -0.2) is 66.0 Å².